The molecule has 0 radical (unpaired) electrons. The zero-order chi connectivity index (χ0) is 9.40. The molecule has 2 unspecified atom stereocenters. The van der Waals surface area contributed by atoms with E-state index in [1.807, 2.05) is 0 Å². The molecule has 74 valence electrons. The van der Waals surface area contributed by atoms with Crippen molar-refractivity contribution in [2.45, 2.75) is 65.4 Å². The van der Waals surface area contributed by atoms with Crippen LogP contribution in [-0.2, 0) is 0 Å². The first-order chi connectivity index (χ1) is 5.70. The second-order valence-corrected chi connectivity index (χ2v) is 3.93. The summed E-state index contributed by atoms with van der Waals surface area (Å²) < 4.78 is 0. The van der Waals surface area contributed by atoms with Crippen molar-refractivity contribution in [1.29, 1.82) is 0 Å². The maximum atomic E-state index is 9.52. The van der Waals surface area contributed by atoms with Crippen LogP contribution in [0.2, 0.25) is 0 Å². The van der Waals surface area contributed by atoms with Gasteiger partial charge in [-0.2, -0.15) is 0 Å². The highest BCUT2D eigenvalue weighted by Crippen LogP contribution is 2.16. The van der Waals surface area contributed by atoms with Crippen molar-refractivity contribution in [3.8, 4) is 0 Å². The van der Waals surface area contributed by atoms with Crippen molar-refractivity contribution in [2.75, 3.05) is 0 Å². The van der Waals surface area contributed by atoms with Crippen LogP contribution >= 0.6 is 0 Å². The normalized spacial score (nSPS) is 16.0. The first-order valence-electron chi connectivity index (χ1n) is 5.38. The molecular formula is C11H24O. The first kappa shape index (κ1) is 12.0. The van der Waals surface area contributed by atoms with Crippen molar-refractivity contribution >= 4 is 0 Å². The van der Waals surface area contributed by atoms with Crippen LogP contribution in [-0.4, -0.2) is 11.2 Å². The van der Waals surface area contributed by atoms with E-state index in [-0.39, 0.29) is 6.10 Å². The first-order valence-corrected chi connectivity index (χ1v) is 5.38. The second-order valence-electron chi connectivity index (χ2n) is 3.93. The van der Waals surface area contributed by atoms with Gasteiger partial charge in [0, 0.05) is 0 Å². The lowest BCUT2D eigenvalue weighted by atomic mass is 9.96. The number of hydrogen-bond donors (Lipinski definition) is 1. The maximum absolute atomic E-state index is 9.52. The van der Waals surface area contributed by atoms with Gasteiger partial charge in [-0.05, 0) is 18.8 Å². The molecule has 0 saturated heterocycles. The second kappa shape index (κ2) is 7.60. The molecule has 12 heavy (non-hydrogen) atoms. The molecule has 0 aliphatic rings. The van der Waals surface area contributed by atoms with Crippen LogP contribution in [0.5, 0.6) is 0 Å². The molecule has 0 spiro atoms. The van der Waals surface area contributed by atoms with Crippen molar-refractivity contribution in [3.63, 3.8) is 0 Å². The topological polar surface area (TPSA) is 20.2 Å². The van der Waals surface area contributed by atoms with Crippen LogP contribution in [0.4, 0.5) is 0 Å². The van der Waals surface area contributed by atoms with Gasteiger partial charge in [-0.3, -0.25) is 0 Å². The Balaban J connectivity index is 3.33. The standard InChI is InChI=1S/C11H24O/c1-4-6-8-10(3)9-11(12)7-5-2/h10-12H,4-9H2,1-3H3. The summed E-state index contributed by atoms with van der Waals surface area (Å²) in [6.45, 7) is 6.59. The third-order valence-corrected chi connectivity index (χ3v) is 2.35. The van der Waals surface area contributed by atoms with E-state index in [4.69, 9.17) is 0 Å². The highest BCUT2D eigenvalue weighted by Gasteiger charge is 2.08. The van der Waals surface area contributed by atoms with Crippen LogP contribution in [0.3, 0.4) is 0 Å². The number of rotatable bonds is 7. The molecular weight excluding hydrogens is 148 g/mol. The van der Waals surface area contributed by atoms with E-state index in [0.29, 0.717) is 5.92 Å². The van der Waals surface area contributed by atoms with Gasteiger partial charge in [0.2, 0.25) is 0 Å². The third kappa shape index (κ3) is 6.66. The van der Waals surface area contributed by atoms with Crippen LogP contribution < -0.4 is 0 Å². The molecule has 2 atom stereocenters. The molecule has 0 amide bonds. The van der Waals surface area contributed by atoms with E-state index in [9.17, 15) is 5.11 Å². The zero-order valence-electron chi connectivity index (χ0n) is 8.84. The molecule has 0 aromatic heterocycles. The average Bonchev–Trinajstić information content (AvgIpc) is 2.01. The Hall–Kier alpha value is -0.0400. The number of unbranched alkanes of at least 4 members (excludes halogenated alkanes) is 1. The number of aliphatic hydroxyl groups excluding tert-OH is 1. The Bertz CT molecular complexity index is 91.0. The van der Waals surface area contributed by atoms with Gasteiger partial charge in [-0.15, -0.1) is 0 Å². The molecule has 0 aromatic rings. The highest BCUT2D eigenvalue weighted by molar-refractivity contribution is 4.60. The van der Waals surface area contributed by atoms with E-state index in [1.165, 1.54) is 19.3 Å². The summed E-state index contributed by atoms with van der Waals surface area (Å²) in [5.41, 5.74) is 0. The summed E-state index contributed by atoms with van der Waals surface area (Å²) in [5.74, 6) is 0.700. The van der Waals surface area contributed by atoms with Crippen LogP contribution in [0, 0.1) is 5.92 Å². The van der Waals surface area contributed by atoms with Crippen LogP contribution in [0.15, 0.2) is 0 Å². The molecule has 0 fully saturated rings. The SMILES string of the molecule is CCCCC(C)CC(O)CCC. The quantitative estimate of drug-likeness (QED) is 0.624. The number of hydrogen-bond acceptors (Lipinski definition) is 1. The van der Waals surface area contributed by atoms with Crippen LogP contribution in [0.25, 0.3) is 0 Å². The lowest BCUT2D eigenvalue weighted by Gasteiger charge is -2.15. The minimum Gasteiger partial charge on any atom is -0.393 e. The van der Waals surface area contributed by atoms with Gasteiger partial charge in [0.15, 0.2) is 0 Å². The highest BCUT2D eigenvalue weighted by atomic mass is 16.3. The van der Waals surface area contributed by atoms with Gasteiger partial charge < -0.3 is 5.11 Å². The average molecular weight is 172 g/mol. The van der Waals surface area contributed by atoms with E-state index >= 15 is 0 Å². The van der Waals surface area contributed by atoms with E-state index in [2.05, 4.69) is 20.8 Å². The Morgan fingerprint density at radius 2 is 1.75 bits per heavy atom. The minimum absolute atomic E-state index is 0.0538. The van der Waals surface area contributed by atoms with Crippen molar-refractivity contribution < 1.29 is 5.11 Å². The smallest absolute Gasteiger partial charge is 0.0542 e. The fourth-order valence-electron chi connectivity index (χ4n) is 1.59. The Kier molecular flexibility index (Phi) is 7.58. The molecule has 0 aromatic carbocycles. The predicted molar refractivity (Wildman–Crippen MR) is 54.2 cm³/mol. The van der Waals surface area contributed by atoms with Crippen molar-refractivity contribution in [1.82, 2.24) is 0 Å². The lowest BCUT2D eigenvalue weighted by Crippen LogP contribution is -2.11. The van der Waals surface area contributed by atoms with Crippen molar-refractivity contribution in [2.24, 2.45) is 5.92 Å². The Morgan fingerprint density at radius 3 is 2.25 bits per heavy atom. The van der Waals surface area contributed by atoms with Gasteiger partial charge in [0.25, 0.3) is 0 Å². The molecule has 0 rings (SSSR count). The maximum Gasteiger partial charge on any atom is 0.0542 e. The fourth-order valence-corrected chi connectivity index (χ4v) is 1.59. The Morgan fingerprint density at radius 1 is 1.08 bits per heavy atom. The third-order valence-electron chi connectivity index (χ3n) is 2.35. The van der Waals surface area contributed by atoms with Crippen molar-refractivity contribution in [3.05, 3.63) is 0 Å². The zero-order valence-corrected chi connectivity index (χ0v) is 8.84. The molecule has 1 heteroatoms. The Labute approximate surface area is 77.2 Å². The van der Waals surface area contributed by atoms with Gasteiger partial charge in [-0.1, -0.05) is 46.5 Å². The van der Waals surface area contributed by atoms with E-state index < -0.39 is 0 Å². The summed E-state index contributed by atoms with van der Waals surface area (Å²) in [5, 5.41) is 9.52. The summed E-state index contributed by atoms with van der Waals surface area (Å²) in [4.78, 5) is 0. The summed E-state index contributed by atoms with van der Waals surface area (Å²) in [7, 11) is 0. The van der Waals surface area contributed by atoms with Gasteiger partial charge in [0.05, 0.1) is 6.10 Å². The predicted octanol–water partition coefficient (Wildman–Crippen LogP) is 3.36. The molecule has 1 nitrogen and oxygen atoms in total. The monoisotopic (exact) mass is 172 g/mol. The molecule has 1 N–H and O–H groups in total. The summed E-state index contributed by atoms with van der Waals surface area (Å²) >= 11 is 0. The molecule has 0 aliphatic heterocycles. The minimum atomic E-state index is -0.0538. The van der Waals surface area contributed by atoms with Gasteiger partial charge >= 0.3 is 0 Å². The van der Waals surface area contributed by atoms with Crippen LogP contribution in [0.1, 0.15) is 59.3 Å². The summed E-state index contributed by atoms with van der Waals surface area (Å²) in [6, 6.07) is 0. The van der Waals surface area contributed by atoms with Gasteiger partial charge in [0.1, 0.15) is 0 Å². The molecule has 0 aliphatic carbocycles. The molecule has 0 bridgehead atoms. The largest absolute Gasteiger partial charge is 0.393 e. The van der Waals surface area contributed by atoms with E-state index in [1.54, 1.807) is 0 Å². The molecule has 0 saturated carbocycles. The van der Waals surface area contributed by atoms with Gasteiger partial charge in [-0.25, -0.2) is 0 Å². The fraction of sp³-hybridized carbons (Fsp3) is 1.00. The number of aliphatic hydroxyl groups is 1. The molecule has 0 heterocycles. The van der Waals surface area contributed by atoms with E-state index in [0.717, 1.165) is 19.3 Å². The lowest BCUT2D eigenvalue weighted by molar-refractivity contribution is 0.133. The summed E-state index contributed by atoms with van der Waals surface area (Å²) in [6.07, 6.45) is 6.86.